The topological polar surface area (TPSA) is 47.8 Å². The molecule has 0 fully saturated rings. The number of aromatic nitrogens is 3. The van der Waals surface area contributed by atoms with Gasteiger partial charge >= 0.3 is 0 Å². The summed E-state index contributed by atoms with van der Waals surface area (Å²) in [6.07, 6.45) is 5.18. The van der Waals surface area contributed by atoms with Crippen molar-refractivity contribution >= 4 is 16.8 Å². The molecule has 0 unspecified atom stereocenters. The molecular formula is C17H17N3O. The van der Waals surface area contributed by atoms with Gasteiger partial charge in [0.15, 0.2) is 0 Å². The Hall–Kier alpha value is -2.49. The Morgan fingerprint density at radius 2 is 2.05 bits per heavy atom. The zero-order valence-corrected chi connectivity index (χ0v) is 12.0. The molecule has 0 aliphatic heterocycles. The van der Waals surface area contributed by atoms with Crippen LogP contribution < -0.4 is 0 Å². The summed E-state index contributed by atoms with van der Waals surface area (Å²) in [5.41, 5.74) is 3.10. The highest BCUT2D eigenvalue weighted by Gasteiger charge is 2.11. The van der Waals surface area contributed by atoms with E-state index in [1.54, 1.807) is 6.20 Å². The normalized spacial score (nSPS) is 10.9. The predicted octanol–water partition coefficient (Wildman–Crippen LogP) is 2.71. The van der Waals surface area contributed by atoms with Crippen molar-refractivity contribution in [2.24, 2.45) is 7.05 Å². The Kier molecular flexibility index (Phi) is 3.77. The molecular weight excluding hydrogens is 262 g/mol. The summed E-state index contributed by atoms with van der Waals surface area (Å²) in [5, 5.41) is 0. The lowest BCUT2D eigenvalue weighted by Gasteiger charge is -2.02. The highest BCUT2D eigenvalue weighted by molar-refractivity contribution is 5.82. The van der Waals surface area contributed by atoms with Crippen molar-refractivity contribution < 1.29 is 4.79 Å². The summed E-state index contributed by atoms with van der Waals surface area (Å²) >= 11 is 0. The van der Waals surface area contributed by atoms with Gasteiger partial charge in [-0.05, 0) is 30.2 Å². The van der Waals surface area contributed by atoms with Gasteiger partial charge in [0, 0.05) is 25.9 Å². The third kappa shape index (κ3) is 2.99. The average Bonchev–Trinajstić information content (AvgIpc) is 2.83. The minimum atomic E-state index is 0.206. The van der Waals surface area contributed by atoms with E-state index in [9.17, 15) is 4.79 Å². The fourth-order valence-corrected chi connectivity index (χ4v) is 2.45. The molecule has 106 valence electrons. The Morgan fingerprint density at radius 1 is 1.19 bits per heavy atom. The summed E-state index contributed by atoms with van der Waals surface area (Å²) in [6, 6.07) is 11.8. The predicted molar refractivity (Wildman–Crippen MR) is 82.0 cm³/mol. The summed E-state index contributed by atoms with van der Waals surface area (Å²) < 4.78 is 2.00. The van der Waals surface area contributed by atoms with Gasteiger partial charge in [-0.25, -0.2) is 4.98 Å². The number of para-hydroxylation sites is 2. The minimum Gasteiger partial charge on any atom is -0.331 e. The number of fused-ring (bicyclic) bond motifs is 1. The number of benzene rings is 1. The van der Waals surface area contributed by atoms with Crippen LogP contribution in [0.1, 0.15) is 17.8 Å². The Bertz CT molecular complexity index is 762. The number of imidazole rings is 1. The summed E-state index contributed by atoms with van der Waals surface area (Å²) in [4.78, 5) is 20.7. The molecule has 0 aliphatic rings. The molecule has 0 atom stereocenters. The molecule has 0 saturated carbocycles. The quantitative estimate of drug-likeness (QED) is 0.721. The number of hydrogen-bond donors (Lipinski definition) is 0. The van der Waals surface area contributed by atoms with E-state index in [4.69, 9.17) is 0 Å². The lowest BCUT2D eigenvalue weighted by molar-refractivity contribution is -0.118. The number of carbonyl (C=O) groups excluding carboxylic acids is 1. The third-order valence-electron chi connectivity index (χ3n) is 3.65. The first-order valence-electron chi connectivity index (χ1n) is 7.05. The highest BCUT2D eigenvalue weighted by atomic mass is 16.1. The maximum Gasteiger partial charge on any atom is 0.140 e. The van der Waals surface area contributed by atoms with Crippen LogP contribution in [0.2, 0.25) is 0 Å². The Balaban J connectivity index is 1.67. The first-order valence-corrected chi connectivity index (χ1v) is 7.05. The van der Waals surface area contributed by atoms with Crippen molar-refractivity contribution in [2.45, 2.75) is 19.3 Å². The molecule has 4 heteroatoms. The zero-order valence-electron chi connectivity index (χ0n) is 12.0. The zero-order chi connectivity index (χ0) is 14.7. The first-order chi connectivity index (χ1) is 10.2. The number of ketones is 1. The molecule has 0 N–H and O–H groups in total. The van der Waals surface area contributed by atoms with E-state index in [0.717, 1.165) is 28.8 Å². The highest BCUT2D eigenvalue weighted by Crippen LogP contribution is 2.15. The second-order valence-electron chi connectivity index (χ2n) is 5.15. The lowest BCUT2D eigenvalue weighted by Crippen LogP contribution is -2.09. The molecule has 3 rings (SSSR count). The molecule has 1 aromatic carbocycles. The van der Waals surface area contributed by atoms with Crippen LogP contribution in [-0.2, 0) is 24.7 Å². The van der Waals surface area contributed by atoms with Crippen molar-refractivity contribution in [1.29, 1.82) is 0 Å². The molecule has 2 heterocycles. The fourth-order valence-electron chi connectivity index (χ4n) is 2.45. The number of hydrogen-bond acceptors (Lipinski definition) is 3. The van der Waals surface area contributed by atoms with Gasteiger partial charge in [0.05, 0.1) is 17.5 Å². The van der Waals surface area contributed by atoms with Crippen LogP contribution in [0.4, 0.5) is 0 Å². The molecule has 0 saturated heterocycles. The van der Waals surface area contributed by atoms with E-state index < -0.39 is 0 Å². The lowest BCUT2D eigenvalue weighted by atomic mass is 10.1. The largest absolute Gasteiger partial charge is 0.331 e. The van der Waals surface area contributed by atoms with Crippen molar-refractivity contribution in [2.75, 3.05) is 0 Å². The fraction of sp³-hybridized carbons (Fsp3) is 0.235. The SMILES string of the molecule is Cn1c(CC(=O)CCc2cccnc2)nc2ccccc21. The van der Waals surface area contributed by atoms with Gasteiger partial charge in [-0.15, -0.1) is 0 Å². The molecule has 21 heavy (non-hydrogen) atoms. The number of pyridine rings is 1. The second kappa shape index (κ2) is 5.87. The van der Waals surface area contributed by atoms with Crippen LogP contribution in [0.5, 0.6) is 0 Å². The van der Waals surface area contributed by atoms with Crippen LogP contribution >= 0.6 is 0 Å². The van der Waals surface area contributed by atoms with Crippen LogP contribution in [0.3, 0.4) is 0 Å². The van der Waals surface area contributed by atoms with Crippen molar-refractivity contribution in [3.05, 3.63) is 60.2 Å². The van der Waals surface area contributed by atoms with Crippen molar-refractivity contribution in [1.82, 2.24) is 14.5 Å². The summed E-state index contributed by atoms with van der Waals surface area (Å²) in [7, 11) is 1.96. The maximum atomic E-state index is 12.1. The standard InChI is InChI=1S/C17H17N3O/c1-20-16-7-3-2-6-15(16)19-17(20)11-14(21)9-8-13-5-4-10-18-12-13/h2-7,10,12H,8-9,11H2,1H3. The van der Waals surface area contributed by atoms with Crippen molar-refractivity contribution in [3.8, 4) is 0 Å². The van der Waals surface area contributed by atoms with Gasteiger partial charge in [0.2, 0.25) is 0 Å². The van der Waals surface area contributed by atoms with Gasteiger partial charge in [-0.2, -0.15) is 0 Å². The van der Waals surface area contributed by atoms with Gasteiger partial charge in [-0.1, -0.05) is 18.2 Å². The molecule has 0 bridgehead atoms. The second-order valence-corrected chi connectivity index (χ2v) is 5.15. The number of rotatable bonds is 5. The summed E-state index contributed by atoms with van der Waals surface area (Å²) in [5.74, 6) is 1.03. The Morgan fingerprint density at radius 3 is 2.81 bits per heavy atom. The molecule has 4 nitrogen and oxygen atoms in total. The van der Waals surface area contributed by atoms with E-state index in [1.807, 2.05) is 54.2 Å². The third-order valence-corrected chi connectivity index (χ3v) is 3.65. The Labute approximate surface area is 123 Å². The molecule has 0 radical (unpaired) electrons. The minimum absolute atomic E-state index is 0.206. The van der Waals surface area contributed by atoms with Gasteiger partial charge in [-0.3, -0.25) is 9.78 Å². The van der Waals surface area contributed by atoms with E-state index in [1.165, 1.54) is 0 Å². The van der Waals surface area contributed by atoms with Gasteiger partial charge in [0.25, 0.3) is 0 Å². The average molecular weight is 279 g/mol. The van der Waals surface area contributed by atoms with Crippen LogP contribution in [0, 0.1) is 0 Å². The van der Waals surface area contributed by atoms with E-state index in [0.29, 0.717) is 12.8 Å². The number of carbonyl (C=O) groups is 1. The maximum absolute atomic E-state index is 12.1. The molecule has 0 spiro atoms. The molecule has 0 aliphatic carbocycles. The van der Waals surface area contributed by atoms with Gasteiger partial charge < -0.3 is 4.57 Å². The number of Topliss-reactive ketones (excluding diaryl/α,β-unsaturated/α-hetero) is 1. The smallest absolute Gasteiger partial charge is 0.140 e. The first kappa shape index (κ1) is 13.5. The molecule has 3 aromatic rings. The van der Waals surface area contributed by atoms with Crippen LogP contribution in [-0.4, -0.2) is 20.3 Å². The van der Waals surface area contributed by atoms with E-state index in [2.05, 4.69) is 9.97 Å². The van der Waals surface area contributed by atoms with Gasteiger partial charge in [0.1, 0.15) is 11.6 Å². The van der Waals surface area contributed by atoms with E-state index in [-0.39, 0.29) is 5.78 Å². The monoisotopic (exact) mass is 279 g/mol. The van der Waals surface area contributed by atoms with Crippen molar-refractivity contribution in [3.63, 3.8) is 0 Å². The van der Waals surface area contributed by atoms with Crippen LogP contribution in [0.25, 0.3) is 11.0 Å². The van der Waals surface area contributed by atoms with Crippen LogP contribution in [0.15, 0.2) is 48.8 Å². The number of nitrogens with zero attached hydrogens (tertiary/aromatic N) is 3. The molecule has 2 aromatic heterocycles. The number of aryl methyl sites for hydroxylation is 2. The summed E-state index contributed by atoms with van der Waals surface area (Å²) in [6.45, 7) is 0. The van der Waals surface area contributed by atoms with E-state index >= 15 is 0 Å². The molecule has 0 amide bonds.